The Labute approximate surface area is 226 Å². The Morgan fingerprint density at radius 2 is 1.79 bits per heavy atom. The maximum atomic E-state index is 10.8. The van der Waals surface area contributed by atoms with Crippen LogP contribution in [0.25, 0.3) is 11.3 Å². The zero-order valence-electron chi connectivity index (χ0n) is 21.2. The predicted octanol–water partition coefficient (Wildman–Crippen LogP) is 8.10. The Hall–Kier alpha value is -4.04. The largest absolute Gasteiger partial charge is 0.493 e. The van der Waals surface area contributed by atoms with E-state index in [2.05, 4.69) is 29.3 Å². The van der Waals surface area contributed by atoms with E-state index in [1.54, 1.807) is 25.5 Å². The molecule has 0 N–H and O–H groups in total. The molecule has 5 rings (SSSR count). The summed E-state index contributed by atoms with van der Waals surface area (Å²) in [6, 6.07) is 20.7. The van der Waals surface area contributed by atoms with Gasteiger partial charge in [0.15, 0.2) is 11.5 Å². The van der Waals surface area contributed by atoms with Gasteiger partial charge in [0.1, 0.15) is 6.61 Å². The van der Waals surface area contributed by atoms with Crippen LogP contribution in [0.1, 0.15) is 54.7 Å². The third-order valence-corrected chi connectivity index (χ3v) is 7.58. The summed E-state index contributed by atoms with van der Waals surface area (Å²) >= 11 is 1.51. The summed E-state index contributed by atoms with van der Waals surface area (Å²) in [4.78, 5) is 19.7. The first-order chi connectivity index (χ1) is 18.6. The lowest BCUT2D eigenvalue weighted by Crippen LogP contribution is -2.04. The predicted molar refractivity (Wildman–Crippen MR) is 151 cm³/mol. The number of non-ortho nitro benzene ring substituents is 1. The van der Waals surface area contributed by atoms with Gasteiger partial charge < -0.3 is 9.47 Å². The second kappa shape index (κ2) is 12.0. The standard InChI is InChI=1S/C30H29N3O4S/c1-36-29-17-22(9-16-28(29)37-19-21-7-14-26(15-8-21)33(34)35)18-31-30-32-27(20-38-30)25-12-10-24(11-13-25)23-5-3-2-4-6-23/h7-18,20,23H,2-6,19H2,1H3. The average molecular weight is 528 g/mol. The fraction of sp³-hybridized carbons (Fsp3) is 0.267. The van der Waals surface area contributed by atoms with Crippen LogP contribution in [0.15, 0.2) is 77.1 Å². The van der Waals surface area contributed by atoms with Gasteiger partial charge in [-0.3, -0.25) is 10.1 Å². The minimum absolute atomic E-state index is 0.0508. The van der Waals surface area contributed by atoms with E-state index in [0.29, 0.717) is 22.5 Å². The number of benzene rings is 3. The van der Waals surface area contributed by atoms with Gasteiger partial charge in [-0.1, -0.05) is 43.5 Å². The minimum Gasteiger partial charge on any atom is -0.493 e. The van der Waals surface area contributed by atoms with Crippen molar-refractivity contribution in [3.8, 4) is 22.8 Å². The molecule has 1 aliphatic carbocycles. The second-order valence-electron chi connectivity index (χ2n) is 9.35. The maximum absolute atomic E-state index is 10.8. The summed E-state index contributed by atoms with van der Waals surface area (Å²) in [5.74, 6) is 1.86. The number of hydrogen-bond donors (Lipinski definition) is 0. The summed E-state index contributed by atoms with van der Waals surface area (Å²) in [5, 5.41) is 13.6. The molecule has 0 amide bonds. The number of nitro benzene ring substituents is 1. The zero-order chi connectivity index (χ0) is 26.3. The first kappa shape index (κ1) is 25.6. The monoisotopic (exact) mass is 527 g/mol. The minimum atomic E-state index is -0.421. The number of aliphatic imine (C=N–C) groups is 1. The average Bonchev–Trinajstić information content (AvgIpc) is 3.45. The van der Waals surface area contributed by atoms with Gasteiger partial charge in [-0.05, 0) is 65.8 Å². The molecule has 0 atom stereocenters. The van der Waals surface area contributed by atoms with Crippen molar-refractivity contribution in [1.29, 1.82) is 0 Å². The number of aromatic nitrogens is 1. The van der Waals surface area contributed by atoms with Crippen molar-refractivity contribution >= 4 is 28.4 Å². The van der Waals surface area contributed by atoms with Crippen LogP contribution in [-0.2, 0) is 6.61 Å². The van der Waals surface area contributed by atoms with Crippen LogP contribution in [0.4, 0.5) is 10.8 Å². The van der Waals surface area contributed by atoms with Crippen LogP contribution in [0.5, 0.6) is 11.5 Å². The van der Waals surface area contributed by atoms with Gasteiger partial charge >= 0.3 is 0 Å². The third kappa shape index (κ3) is 6.26. The molecule has 0 saturated heterocycles. The molecule has 4 aromatic rings. The molecular weight excluding hydrogens is 498 g/mol. The normalized spacial score (nSPS) is 14.0. The van der Waals surface area contributed by atoms with Crippen LogP contribution in [0.2, 0.25) is 0 Å². The molecule has 0 radical (unpaired) electrons. The van der Waals surface area contributed by atoms with Gasteiger partial charge in [-0.25, -0.2) is 9.98 Å². The lowest BCUT2D eigenvalue weighted by Gasteiger charge is -2.22. The van der Waals surface area contributed by atoms with E-state index >= 15 is 0 Å². The molecule has 0 spiro atoms. The fourth-order valence-electron chi connectivity index (χ4n) is 4.71. The number of nitrogens with zero attached hydrogens (tertiary/aromatic N) is 3. The van der Waals surface area contributed by atoms with Gasteiger partial charge in [-0.2, -0.15) is 0 Å². The van der Waals surface area contributed by atoms with Gasteiger partial charge in [-0.15, -0.1) is 11.3 Å². The van der Waals surface area contributed by atoms with Crippen molar-refractivity contribution in [2.24, 2.45) is 4.99 Å². The number of rotatable bonds is 9. The summed E-state index contributed by atoms with van der Waals surface area (Å²) < 4.78 is 11.4. The highest BCUT2D eigenvalue weighted by molar-refractivity contribution is 7.13. The highest BCUT2D eigenvalue weighted by atomic mass is 32.1. The summed E-state index contributed by atoms with van der Waals surface area (Å²) in [6.45, 7) is 0.269. The van der Waals surface area contributed by atoms with E-state index < -0.39 is 4.92 Å². The zero-order valence-corrected chi connectivity index (χ0v) is 22.0. The molecule has 3 aromatic carbocycles. The highest BCUT2D eigenvalue weighted by Gasteiger charge is 2.15. The van der Waals surface area contributed by atoms with E-state index in [4.69, 9.17) is 14.5 Å². The van der Waals surface area contributed by atoms with Crippen molar-refractivity contribution in [1.82, 2.24) is 4.98 Å². The van der Waals surface area contributed by atoms with E-state index in [9.17, 15) is 10.1 Å². The SMILES string of the molecule is COc1cc(C=Nc2nc(-c3ccc(C4CCCCC4)cc3)cs2)ccc1OCc1ccc([N+](=O)[O-])cc1. The van der Waals surface area contributed by atoms with Gasteiger partial charge in [0, 0.05) is 29.3 Å². The Morgan fingerprint density at radius 3 is 2.50 bits per heavy atom. The van der Waals surface area contributed by atoms with Crippen molar-refractivity contribution in [2.75, 3.05) is 7.11 Å². The molecule has 0 unspecified atom stereocenters. The molecule has 0 aliphatic heterocycles. The van der Waals surface area contributed by atoms with E-state index in [1.165, 1.54) is 61.1 Å². The van der Waals surface area contributed by atoms with Crippen LogP contribution >= 0.6 is 11.3 Å². The molecule has 194 valence electrons. The first-order valence-corrected chi connectivity index (χ1v) is 13.6. The topological polar surface area (TPSA) is 86.9 Å². The number of methoxy groups -OCH3 is 1. The molecule has 1 saturated carbocycles. The molecule has 1 aliphatic rings. The summed E-state index contributed by atoms with van der Waals surface area (Å²) in [5.41, 5.74) is 5.22. The van der Waals surface area contributed by atoms with Crippen LogP contribution in [-0.4, -0.2) is 23.2 Å². The molecule has 1 aromatic heterocycles. The van der Waals surface area contributed by atoms with E-state index in [-0.39, 0.29) is 12.3 Å². The van der Waals surface area contributed by atoms with Crippen LogP contribution < -0.4 is 9.47 Å². The fourth-order valence-corrected chi connectivity index (χ4v) is 5.38. The van der Waals surface area contributed by atoms with Gasteiger partial charge in [0.05, 0.1) is 17.7 Å². The number of hydrogen-bond acceptors (Lipinski definition) is 7. The van der Waals surface area contributed by atoms with E-state index in [0.717, 1.165) is 22.4 Å². The number of nitro groups is 1. The quantitative estimate of drug-likeness (QED) is 0.125. The van der Waals surface area contributed by atoms with Gasteiger partial charge in [0.2, 0.25) is 5.13 Å². The molecule has 7 nitrogen and oxygen atoms in total. The Bertz CT molecular complexity index is 1410. The van der Waals surface area contributed by atoms with Crippen molar-refractivity contribution in [2.45, 2.75) is 44.6 Å². The summed E-state index contributed by atoms with van der Waals surface area (Å²) in [6.07, 6.45) is 8.40. The van der Waals surface area contributed by atoms with Crippen molar-refractivity contribution < 1.29 is 14.4 Å². The maximum Gasteiger partial charge on any atom is 0.269 e. The summed E-state index contributed by atoms with van der Waals surface area (Å²) in [7, 11) is 1.58. The second-order valence-corrected chi connectivity index (χ2v) is 10.2. The number of ether oxygens (including phenoxy) is 2. The van der Waals surface area contributed by atoms with Gasteiger partial charge in [0.25, 0.3) is 5.69 Å². The number of thiazole rings is 1. The molecule has 8 heteroatoms. The van der Waals surface area contributed by atoms with Crippen LogP contribution in [0.3, 0.4) is 0 Å². The highest BCUT2D eigenvalue weighted by Crippen LogP contribution is 2.34. The molecular formula is C30H29N3O4S. The molecule has 0 bridgehead atoms. The molecule has 38 heavy (non-hydrogen) atoms. The lowest BCUT2D eigenvalue weighted by atomic mass is 9.84. The first-order valence-electron chi connectivity index (χ1n) is 12.7. The van der Waals surface area contributed by atoms with E-state index in [1.807, 2.05) is 23.6 Å². The smallest absolute Gasteiger partial charge is 0.269 e. The Balaban J connectivity index is 1.21. The van der Waals surface area contributed by atoms with Crippen molar-refractivity contribution in [3.05, 3.63) is 98.9 Å². The third-order valence-electron chi connectivity index (χ3n) is 6.83. The lowest BCUT2D eigenvalue weighted by molar-refractivity contribution is -0.384. The van der Waals surface area contributed by atoms with Crippen LogP contribution in [0, 0.1) is 10.1 Å². The van der Waals surface area contributed by atoms with Crippen molar-refractivity contribution in [3.63, 3.8) is 0 Å². The Morgan fingerprint density at radius 1 is 1.03 bits per heavy atom. The Kier molecular flexibility index (Phi) is 8.09. The molecule has 1 heterocycles. The molecule has 1 fully saturated rings.